The summed E-state index contributed by atoms with van der Waals surface area (Å²) >= 11 is 1.52. The first kappa shape index (κ1) is 9.15. The lowest BCUT2D eigenvalue weighted by Gasteiger charge is -1.95. The van der Waals surface area contributed by atoms with Gasteiger partial charge in [-0.15, -0.1) is 11.3 Å². The first-order valence-electron chi connectivity index (χ1n) is 3.39. The van der Waals surface area contributed by atoms with Crippen molar-refractivity contribution in [3.8, 4) is 0 Å². The van der Waals surface area contributed by atoms with Crippen LogP contribution in [-0.4, -0.2) is 22.7 Å². The van der Waals surface area contributed by atoms with Gasteiger partial charge >= 0.3 is 5.97 Å². The molecule has 0 fully saturated rings. The van der Waals surface area contributed by atoms with Crippen molar-refractivity contribution in [2.45, 2.75) is 13.5 Å². The Hall–Kier alpha value is -0.940. The van der Waals surface area contributed by atoms with E-state index in [4.69, 9.17) is 9.84 Å². The van der Waals surface area contributed by atoms with Gasteiger partial charge in [-0.2, -0.15) is 0 Å². The maximum atomic E-state index is 10.1. The average Bonchev–Trinajstić information content (AvgIpc) is 2.35. The Balaban J connectivity index is 2.29. The second-order valence-corrected chi connectivity index (χ2v) is 3.31. The zero-order chi connectivity index (χ0) is 8.97. The summed E-state index contributed by atoms with van der Waals surface area (Å²) in [5.74, 6) is -0.957. The van der Waals surface area contributed by atoms with Crippen LogP contribution >= 0.6 is 11.3 Å². The zero-order valence-corrected chi connectivity index (χ0v) is 7.43. The summed E-state index contributed by atoms with van der Waals surface area (Å²) in [6, 6.07) is 0. The van der Waals surface area contributed by atoms with Gasteiger partial charge in [-0.05, 0) is 6.92 Å². The molecular weight excluding hydrogens is 178 g/mol. The van der Waals surface area contributed by atoms with Crippen molar-refractivity contribution in [3.05, 3.63) is 16.1 Å². The monoisotopic (exact) mass is 187 g/mol. The molecule has 0 aromatic carbocycles. The first-order valence-corrected chi connectivity index (χ1v) is 4.27. The summed E-state index contributed by atoms with van der Waals surface area (Å²) in [5.41, 5.74) is 0.791. The molecule has 1 heterocycles. The molecule has 5 heteroatoms. The van der Waals surface area contributed by atoms with Gasteiger partial charge in [0.1, 0.15) is 6.61 Å². The van der Waals surface area contributed by atoms with Crippen LogP contribution in [-0.2, 0) is 16.1 Å². The third-order valence-electron chi connectivity index (χ3n) is 1.14. The molecule has 0 amide bonds. The van der Waals surface area contributed by atoms with Crippen molar-refractivity contribution >= 4 is 17.3 Å². The molecule has 0 radical (unpaired) electrons. The van der Waals surface area contributed by atoms with Crippen LogP contribution < -0.4 is 0 Å². The molecule has 1 N–H and O–H groups in total. The van der Waals surface area contributed by atoms with Crippen molar-refractivity contribution in [3.63, 3.8) is 0 Å². The van der Waals surface area contributed by atoms with Crippen LogP contribution in [0.25, 0.3) is 0 Å². The van der Waals surface area contributed by atoms with Gasteiger partial charge in [0, 0.05) is 5.38 Å². The predicted molar refractivity (Wildman–Crippen MR) is 44.1 cm³/mol. The normalized spacial score (nSPS) is 10.1. The summed E-state index contributed by atoms with van der Waals surface area (Å²) in [7, 11) is 0. The molecule has 4 nitrogen and oxygen atoms in total. The van der Waals surface area contributed by atoms with Crippen LogP contribution in [0.2, 0.25) is 0 Å². The smallest absolute Gasteiger partial charge is 0.329 e. The van der Waals surface area contributed by atoms with Crippen LogP contribution in [0.3, 0.4) is 0 Å². The Kier molecular flexibility index (Phi) is 3.19. The van der Waals surface area contributed by atoms with Crippen LogP contribution in [0.15, 0.2) is 5.38 Å². The number of thiazole rings is 1. The quantitative estimate of drug-likeness (QED) is 0.765. The molecule has 0 aliphatic heterocycles. The van der Waals surface area contributed by atoms with Gasteiger partial charge in [-0.25, -0.2) is 9.78 Å². The van der Waals surface area contributed by atoms with Crippen LogP contribution in [0.4, 0.5) is 0 Å². The molecule has 0 aliphatic carbocycles. The second kappa shape index (κ2) is 4.18. The lowest BCUT2D eigenvalue weighted by molar-refractivity contribution is -0.142. The topological polar surface area (TPSA) is 59.4 Å². The maximum Gasteiger partial charge on any atom is 0.329 e. The molecule has 0 saturated heterocycles. The van der Waals surface area contributed by atoms with Crippen molar-refractivity contribution in [1.82, 2.24) is 4.98 Å². The number of aromatic nitrogens is 1. The lowest BCUT2D eigenvalue weighted by Crippen LogP contribution is -2.06. The fraction of sp³-hybridized carbons (Fsp3) is 0.429. The van der Waals surface area contributed by atoms with Gasteiger partial charge in [0.25, 0.3) is 0 Å². The standard InChI is InChI=1S/C7H9NO3S/c1-5-8-6(4-12-5)2-11-3-7(9)10/h4H,2-3H2,1H3,(H,9,10). The molecule has 0 saturated carbocycles. The molecule has 12 heavy (non-hydrogen) atoms. The maximum absolute atomic E-state index is 10.1. The van der Waals surface area contributed by atoms with E-state index in [1.54, 1.807) is 0 Å². The van der Waals surface area contributed by atoms with E-state index in [0.29, 0.717) is 0 Å². The zero-order valence-electron chi connectivity index (χ0n) is 6.61. The summed E-state index contributed by atoms with van der Waals surface area (Å²) in [6.45, 7) is 1.90. The Morgan fingerprint density at radius 1 is 1.83 bits per heavy atom. The molecule has 1 aromatic rings. The number of ether oxygens (including phenoxy) is 1. The van der Waals surface area contributed by atoms with E-state index in [1.165, 1.54) is 11.3 Å². The highest BCUT2D eigenvalue weighted by atomic mass is 32.1. The van der Waals surface area contributed by atoms with Gasteiger partial charge in [0.15, 0.2) is 0 Å². The number of aliphatic carboxylic acids is 1. The van der Waals surface area contributed by atoms with Gasteiger partial charge in [0.2, 0.25) is 0 Å². The Morgan fingerprint density at radius 3 is 3.08 bits per heavy atom. The molecule has 0 unspecified atom stereocenters. The third-order valence-corrected chi connectivity index (χ3v) is 1.96. The minimum atomic E-state index is -0.957. The highest BCUT2D eigenvalue weighted by Crippen LogP contribution is 2.08. The minimum Gasteiger partial charge on any atom is -0.480 e. The minimum absolute atomic E-state index is 0.267. The van der Waals surface area contributed by atoms with E-state index in [2.05, 4.69) is 4.98 Å². The fourth-order valence-corrected chi connectivity index (χ4v) is 1.31. The van der Waals surface area contributed by atoms with E-state index in [0.717, 1.165) is 10.7 Å². The average molecular weight is 187 g/mol. The largest absolute Gasteiger partial charge is 0.480 e. The van der Waals surface area contributed by atoms with E-state index in [-0.39, 0.29) is 13.2 Å². The molecule has 0 atom stereocenters. The molecule has 0 aliphatic rings. The second-order valence-electron chi connectivity index (χ2n) is 2.24. The van der Waals surface area contributed by atoms with Gasteiger partial charge in [0.05, 0.1) is 17.3 Å². The van der Waals surface area contributed by atoms with E-state index < -0.39 is 5.97 Å². The van der Waals surface area contributed by atoms with Crippen molar-refractivity contribution in [1.29, 1.82) is 0 Å². The van der Waals surface area contributed by atoms with E-state index >= 15 is 0 Å². The predicted octanol–water partition coefficient (Wildman–Crippen LogP) is 1.05. The Bertz CT molecular complexity index is 271. The number of carboxylic acids is 1. The van der Waals surface area contributed by atoms with Crippen LogP contribution in [0.5, 0.6) is 0 Å². The van der Waals surface area contributed by atoms with Crippen LogP contribution in [0, 0.1) is 6.92 Å². The summed E-state index contributed by atoms with van der Waals surface area (Å²) < 4.78 is 4.84. The SMILES string of the molecule is Cc1nc(COCC(=O)O)cs1. The highest BCUT2D eigenvalue weighted by Gasteiger charge is 2.00. The number of aryl methyl sites for hydroxylation is 1. The number of rotatable bonds is 4. The van der Waals surface area contributed by atoms with Gasteiger partial charge < -0.3 is 9.84 Å². The highest BCUT2D eigenvalue weighted by molar-refractivity contribution is 7.09. The molecule has 1 aromatic heterocycles. The van der Waals surface area contributed by atoms with Crippen LogP contribution in [0.1, 0.15) is 10.7 Å². The number of carbonyl (C=O) groups is 1. The fourth-order valence-electron chi connectivity index (χ4n) is 0.717. The number of nitrogens with zero attached hydrogens (tertiary/aromatic N) is 1. The van der Waals surface area contributed by atoms with Crippen molar-refractivity contribution < 1.29 is 14.6 Å². The van der Waals surface area contributed by atoms with E-state index in [1.807, 2.05) is 12.3 Å². The first-order chi connectivity index (χ1) is 5.68. The molecule has 1 rings (SSSR count). The Morgan fingerprint density at radius 2 is 2.58 bits per heavy atom. The summed E-state index contributed by atoms with van der Waals surface area (Å²) in [6.07, 6.45) is 0. The molecule has 0 bridgehead atoms. The van der Waals surface area contributed by atoms with E-state index in [9.17, 15) is 4.79 Å². The molecule has 66 valence electrons. The summed E-state index contributed by atoms with van der Waals surface area (Å²) in [5, 5.41) is 11.1. The van der Waals surface area contributed by atoms with Gasteiger partial charge in [-0.3, -0.25) is 0 Å². The molecule has 0 spiro atoms. The number of carboxylic acid groups (broad SMARTS) is 1. The summed E-state index contributed by atoms with van der Waals surface area (Å²) in [4.78, 5) is 14.2. The Labute approximate surface area is 73.8 Å². The van der Waals surface area contributed by atoms with Crippen molar-refractivity contribution in [2.24, 2.45) is 0 Å². The van der Waals surface area contributed by atoms with Gasteiger partial charge in [-0.1, -0.05) is 0 Å². The number of hydrogen-bond donors (Lipinski definition) is 1. The van der Waals surface area contributed by atoms with Crippen molar-refractivity contribution in [2.75, 3.05) is 6.61 Å². The lowest BCUT2D eigenvalue weighted by atomic mass is 10.5. The number of hydrogen-bond acceptors (Lipinski definition) is 4. The molecular formula is C7H9NO3S. The third kappa shape index (κ3) is 2.98.